The summed E-state index contributed by atoms with van der Waals surface area (Å²) in [6, 6.07) is 26.3. The number of hydrogen-bond acceptors (Lipinski definition) is 12. The lowest BCUT2D eigenvalue weighted by molar-refractivity contribution is -0.138. The van der Waals surface area contributed by atoms with E-state index < -0.39 is 43.1 Å². The molecule has 0 fully saturated rings. The second-order valence-electron chi connectivity index (χ2n) is 16.5. The van der Waals surface area contributed by atoms with E-state index in [1.165, 1.54) is 35.7 Å². The highest BCUT2D eigenvalue weighted by atomic mass is 32.2. The molecule has 0 amide bonds. The Morgan fingerprint density at radius 1 is 0.621 bits per heavy atom. The van der Waals surface area contributed by atoms with Gasteiger partial charge >= 0.3 is 11.9 Å². The number of nitrogens with zero attached hydrogens (tertiary/aromatic N) is 2. The van der Waals surface area contributed by atoms with Crippen molar-refractivity contribution in [2.75, 3.05) is 48.6 Å². The van der Waals surface area contributed by atoms with E-state index in [1.54, 1.807) is 0 Å². The lowest BCUT2D eigenvalue weighted by Crippen LogP contribution is -2.52. The Labute approximate surface area is 399 Å². The number of aliphatic carboxylic acids is 2. The average Bonchev–Trinajstić information content (AvgIpc) is 3.47. The predicted octanol–water partition coefficient (Wildman–Crippen LogP) is 10.1. The summed E-state index contributed by atoms with van der Waals surface area (Å²) in [7, 11) is -7.71. The van der Waals surface area contributed by atoms with Gasteiger partial charge in [-0.3, -0.25) is 9.59 Å². The molecule has 18 heteroatoms. The second-order valence-corrected chi connectivity index (χ2v) is 21.5. The van der Waals surface area contributed by atoms with E-state index in [1.807, 2.05) is 99.2 Å². The van der Waals surface area contributed by atoms with Gasteiger partial charge in [-0.2, -0.15) is 0 Å². The Bertz CT molecular complexity index is 2320. The standard InChI is InChI=1S/2C24H32N2O5S2/c2*1-4-6-13-24(5-2)17-26(18-10-8-7-9-11-18)19-15-21(32-3)20(31-14-12-23(27)28)16-22(19)33(29,30)25-24/h2*7-11,15-16,25H,4-6,12-14,17H2,1-3H3,(H,27,28)/t2*24-/m10/s1. The first-order valence-corrected chi connectivity index (χ1v) is 27.8. The van der Waals surface area contributed by atoms with Gasteiger partial charge in [0.15, 0.2) is 0 Å². The number of carboxylic acids is 2. The predicted molar refractivity (Wildman–Crippen MR) is 265 cm³/mol. The third kappa shape index (κ3) is 12.9. The van der Waals surface area contributed by atoms with Crippen molar-refractivity contribution in [2.45, 2.75) is 123 Å². The van der Waals surface area contributed by atoms with E-state index in [-0.39, 0.29) is 35.8 Å². The fourth-order valence-corrected chi connectivity index (χ4v) is 12.7. The Morgan fingerprint density at radius 3 is 1.29 bits per heavy atom. The Balaban J connectivity index is 0.000000247. The molecule has 0 saturated heterocycles. The van der Waals surface area contributed by atoms with Crippen molar-refractivity contribution in [2.24, 2.45) is 0 Å². The van der Waals surface area contributed by atoms with Gasteiger partial charge in [-0.1, -0.05) is 89.8 Å². The lowest BCUT2D eigenvalue weighted by atomic mass is 9.89. The van der Waals surface area contributed by atoms with Crippen LogP contribution in [0.15, 0.2) is 105 Å². The monoisotopic (exact) mass is 984 g/mol. The molecular weight excluding hydrogens is 921 g/mol. The Kier molecular flexibility index (Phi) is 18.7. The first-order chi connectivity index (χ1) is 31.5. The van der Waals surface area contributed by atoms with Crippen LogP contribution in [0, 0.1) is 0 Å². The van der Waals surface area contributed by atoms with Crippen LogP contribution in [-0.2, 0) is 29.6 Å². The molecule has 0 radical (unpaired) electrons. The molecule has 2 aliphatic rings. The van der Waals surface area contributed by atoms with Crippen molar-refractivity contribution >= 4 is 78.3 Å². The Morgan fingerprint density at radius 2 is 0.985 bits per heavy atom. The van der Waals surface area contributed by atoms with Gasteiger partial charge in [0, 0.05) is 36.6 Å². The summed E-state index contributed by atoms with van der Waals surface area (Å²) < 4.78 is 72.1. The lowest BCUT2D eigenvalue weighted by Gasteiger charge is -2.36. The number of rotatable bonds is 20. The van der Waals surface area contributed by atoms with Crippen LogP contribution < -0.4 is 28.7 Å². The van der Waals surface area contributed by atoms with Crippen LogP contribution in [0.25, 0.3) is 0 Å². The summed E-state index contributed by atoms with van der Waals surface area (Å²) in [5, 5.41) is 17.9. The number of thioether (sulfide) groups is 2. The van der Waals surface area contributed by atoms with Gasteiger partial charge in [0.25, 0.3) is 0 Å². The molecule has 6 rings (SSSR count). The highest BCUT2D eigenvalue weighted by molar-refractivity contribution is 7.99. The number of benzene rings is 4. The zero-order chi connectivity index (χ0) is 48.1. The first-order valence-electron chi connectivity index (χ1n) is 22.4. The van der Waals surface area contributed by atoms with Gasteiger partial charge in [0.1, 0.15) is 21.3 Å². The maximum absolute atomic E-state index is 13.6. The van der Waals surface area contributed by atoms with Crippen molar-refractivity contribution in [3.05, 3.63) is 84.9 Å². The fraction of sp³-hybridized carbons (Fsp3) is 0.458. The van der Waals surface area contributed by atoms with Crippen LogP contribution in [0.1, 0.15) is 91.9 Å². The maximum atomic E-state index is 13.6. The number of para-hydroxylation sites is 2. The van der Waals surface area contributed by atoms with Gasteiger partial charge in [0.2, 0.25) is 20.0 Å². The molecule has 4 aromatic rings. The molecule has 0 saturated carbocycles. The summed E-state index contributed by atoms with van der Waals surface area (Å²) in [6.45, 7) is 9.18. The quantitative estimate of drug-likeness (QED) is 0.0612. The van der Waals surface area contributed by atoms with Crippen LogP contribution in [0.3, 0.4) is 0 Å². The van der Waals surface area contributed by atoms with Gasteiger partial charge in [-0.15, -0.1) is 23.5 Å². The zero-order valence-corrected chi connectivity index (χ0v) is 41.9. The minimum absolute atomic E-state index is 0.0348. The molecule has 4 aromatic carbocycles. The molecule has 4 N–H and O–H groups in total. The van der Waals surface area contributed by atoms with Crippen molar-refractivity contribution in [1.29, 1.82) is 0 Å². The van der Waals surface area contributed by atoms with E-state index in [2.05, 4.69) is 33.1 Å². The number of sulfonamides is 2. The van der Waals surface area contributed by atoms with Crippen LogP contribution >= 0.6 is 23.5 Å². The molecule has 14 nitrogen and oxygen atoms in total. The van der Waals surface area contributed by atoms with Crippen LogP contribution in [0.4, 0.5) is 22.7 Å². The summed E-state index contributed by atoms with van der Waals surface area (Å²) in [5.74, 6) is -1.19. The molecule has 66 heavy (non-hydrogen) atoms. The van der Waals surface area contributed by atoms with Crippen molar-refractivity contribution in [3.8, 4) is 11.5 Å². The maximum Gasteiger partial charge on any atom is 0.306 e. The van der Waals surface area contributed by atoms with Gasteiger partial charge in [-0.05, 0) is 74.6 Å². The molecule has 0 aromatic heterocycles. The molecule has 0 unspecified atom stereocenters. The van der Waals surface area contributed by atoms with Crippen LogP contribution in [0.2, 0.25) is 0 Å². The highest BCUT2D eigenvalue weighted by Crippen LogP contribution is 2.45. The minimum Gasteiger partial charge on any atom is -0.492 e. The van der Waals surface area contributed by atoms with Crippen LogP contribution in [0.5, 0.6) is 11.5 Å². The number of carbonyl (C=O) groups is 2. The number of fused-ring (bicyclic) bond motifs is 2. The summed E-state index contributed by atoms with van der Waals surface area (Å²) in [6.07, 6.45) is 9.98. The summed E-state index contributed by atoms with van der Waals surface area (Å²) >= 11 is 2.87. The van der Waals surface area contributed by atoms with E-state index in [0.717, 1.165) is 59.7 Å². The van der Waals surface area contributed by atoms with Gasteiger partial charge in [-0.25, -0.2) is 26.3 Å². The first kappa shape index (κ1) is 52.5. The number of anilines is 4. The average molecular weight is 985 g/mol. The zero-order valence-electron chi connectivity index (χ0n) is 38.7. The Hall–Kier alpha value is -4.46. The number of nitrogens with one attached hydrogen (secondary N) is 2. The van der Waals surface area contributed by atoms with E-state index in [9.17, 15) is 26.4 Å². The van der Waals surface area contributed by atoms with Gasteiger partial charge in [0.05, 0.1) is 58.3 Å². The van der Waals surface area contributed by atoms with E-state index in [4.69, 9.17) is 19.7 Å². The number of ether oxygens (including phenoxy) is 2. The summed E-state index contributed by atoms with van der Waals surface area (Å²) in [5.41, 5.74) is 1.78. The van der Waals surface area contributed by atoms with Crippen molar-refractivity contribution in [1.82, 2.24) is 9.44 Å². The molecule has 360 valence electrons. The van der Waals surface area contributed by atoms with Crippen molar-refractivity contribution in [3.63, 3.8) is 0 Å². The number of unbranched alkanes of at least 4 members (excludes halogenated alkanes) is 2. The topological polar surface area (TPSA) is 192 Å². The number of hydrogen-bond donors (Lipinski definition) is 4. The molecular formula is C48H64N4O10S4. The smallest absolute Gasteiger partial charge is 0.306 e. The third-order valence-electron chi connectivity index (χ3n) is 11.9. The SMILES string of the molecule is CCCC[C@@]1(CC)CN(c2ccccc2)c2cc(SC)c(OCCC(=O)O)cc2S(=O)(=O)N1.CCCC[C@]1(CC)CN(c2ccccc2)c2cc(SC)c(OCCC(=O)O)cc2S(=O)(=O)N1. The normalized spacial score (nSPS) is 19.5. The van der Waals surface area contributed by atoms with E-state index >= 15 is 0 Å². The number of carboxylic acid groups (broad SMARTS) is 2. The molecule has 0 spiro atoms. The molecule has 2 aliphatic heterocycles. The van der Waals surface area contributed by atoms with Crippen molar-refractivity contribution < 1.29 is 46.1 Å². The summed E-state index contributed by atoms with van der Waals surface area (Å²) in [4.78, 5) is 27.8. The van der Waals surface area contributed by atoms with E-state index in [0.29, 0.717) is 48.8 Å². The highest BCUT2D eigenvalue weighted by Gasteiger charge is 2.43. The minimum atomic E-state index is -3.86. The third-order valence-corrected chi connectivity index (χ3v) is 16.7. The van der Waals surface area contributed by atoms with Gasteiger partial charge < -0.3 is 29.5 Å². The second kappa shape index (κ2) is 23.5. The molecule has 2 heterocycles. The molecule has 0 bridgehead atoms. The van der Waals surface area contributed by atoms with Crippen LogP contribution in [-0.4, -0.2) is 88.9 Å². The molecule has 0 aliphatic carbocycles. The largest absolute Gasteiger partial charge is 0.492 e. The fourth-order valence-electron chi connectivity index (χ4n) is 8.16. The molecule has 2 atom stereocenters.